The molecule has 6 heteroatoms. The van der Waals surface area contributed by atoms with Crippen LogP contribution in [0.2, 0.25) is 0 Å². The lowest BCUT2D eigenvalue weighted by Gasteiger charge is -2.06. The first-order valence-electron chi connectivity index (χ1n) is 6.27. The van der Waals surface area contributed by atoms with Gasteiger partial charge in [0.2, 0.25) is 0 Å². The third-order valence-corrected chi connectivity index (χ3v) is 4.55. The van der Waals surface area contributed by atoms with E-state index in [9.17, 15) is 4.79 Å². The van der Waals surface area contributed by atoms with Crippen LogP contribution in [0.4, 0.5) is 5.13 Å². The molecule has 0 spiro atoms. The molecule has 0 bridgehead atoms. The van der Waals surface area contributed by atoms with Crippen LogP contribution in [0.1, 0.15) is 34.8 Å². The van der Waals surface area contributed by atoms with E-state index in [4.69, 9.17) is 4.74 Å². The van der Waals surface area contributed by atoms with E-state index >= 15 is 0 Å². The number of carbonyl (C=O) groups excluding carboxylic acids is 1. The Morgan fingerprint density at radius 1 is 1.50 bits per heavy atom. The maximum Gasteiger partial charge on any atom is 0.257 e. The van der Waals surface area contributed by atoms with Crippen molar-refractivity contribution >= 4 is 38.3 Å². The number of halogens is 1. The average molecular weight is 353 g/mol. The summed E-state index contributed by atoms with van der Waals surface area (Å²) in [5, 5.41) is 5.51. The first kappa shape index (κ1) is 13.6. The van der Waals surface area contributed by atoms with Crippen molar-refractivity contribution in [3.8, 4) is 5.75 Å². The molecular weight excluding hydrogens is 340 g/mol. The van der Waals surface area contributed by atoms with Gasteiger partial charge in [0.1, 0.15) is 5.75 Å². The molecule has 1 aromatic carbocycles. The highest BCUT2D eigenvalue weighted by molar-refractivity contribution is 9.10. The maximum absolute atomic E-state index is 12.2. The van der Waals surface area contributed by atoms with Crippen LogP contribution in [0.5, 0.6) is 5.75 Å². The van der Waals surface area contributed by atoms with Crippen molar-refractivity contribution in [2.45, 2.75) is 18.8 Å². The quantitative estimate of drug-likeness (QED) is 0.902. The first-order chi connectivity index (χ1) is 9.67. The molecule has 0 saturated heterocycles. The van der Waals surface area contributed by atoms with E-state index in [0.29, 0.717) is 22.4 Å². The second kappa shape index (κ2) is 5.54. The fraction of sp³-hybridized carbons (Fsp3) is 0.286. The Balaban J connectivity index is 1.72. The standard InChI is InChI=1S/C14H13BrN2O2S/c1-19-12-5-4-9(6-10(12)15)13(18)17-14-16-11(7-20-14)8-2-3-8/h4-8H,2-3H2,1H3,(H,16,17,18). The lowest BCUT2D eigenvalue weighted by Crippen LogP contribution is -2.11. The fourth-order valence-electron chi connectivity index (χ4n) is 1.89. The van der Waals surface area contributed by atoms with Crippen LogP contribution in [0.25, 0.3) is 0 Å². The monoisotopic (exact) mass is 352 g/mol. The molecule has 1 heterocycles. The molecule has 1 N–H and O–H groups in total. The summed E-state index contributed by atoms with van der Waals surface area (Å²) in [5.74, 6) is 1.14. The minimum Gasteiger partial charge on any atom is -0.496 e. The zero-order valence-electron chi connectivity index (χ0n) is 10.9. The molecule has 0 unspecified atom stereocenters. The van der Waals surface area contributed by atoms with Gasteiger partial charge in [-0.1, -0.05) is 0 Å². The lowest BCUT2D eigenvalue weighted by molar-refractivity contribution is 0.102. The number of nitrogens with one attached hydrogen (secondary N) is 1. The van der Waals surface area contributed by atoms with Crippen LogP contribution >= 0.6 is 27.3 Å². The number of ether oxygens (including phenoxy) is 1. The summed E-state index contributed by atoms with van der Waals surface area (Å²) < 4.78 is 5.90. The van der Waals surface area contributed by atoms with Crippen LogP contribution in [-0.2, 0) is 0 Å². The molecular formula is C14H13BrN2O2S. The van der Waals surface area contributed by atoms with E-state index in [-0.39, 0.29) is 5.91 Å². The van der Waals surface area contributed by atoms with Gasteiger partial charge in [-0.2, -0.15) is 0 Å². The van der Waals surface area contributed by atoms with Crippen molar-refractivity contribution in [2.75, 3.05) is 12.4 Å². The summed E-state index contributed by atoms with van der Waals surface area (Å²) in [7, 11) is 1.59. The Hall–Kier alpha value is -1.40. The van der Waals surface area contributed by atoms with Gasteiger partial charge in [-0.15, -0.1) is 11.3 Å². The van der Waals surface area contributed by atoms with Gasteiger partial charge in [-0.3, -0.25) is 10.1 Å². The summed E-state index contributed by atoms with van der Waals surface area (Å²) in [6.45, 7) is 0. The number of anilines is 1. The molecule has 1 aliphatic rings. The van der Waals surface area contributed by atoms with Gasteiger partial charge in [0.15, 0.2) is 5.13 Å². The Morgan fingerprint density at radius 2 is 2.30 bits per heavy atom. The topological polar surface area (TPSA) is 51.2 Å². The minimum atomic E-state index is -0.162. The van der Waals surface area contributed by atoms with Crippen molar-refractivity contribution in [2.24, 2.45) is 0 Å². The van der Waals surface area contributed by atoms with E-state index in [1.54, 1.807) is 25.3 Å². The van der Waals surface area contributed by atoms with Gasteiger partial charge in [-0.25, -0.2) is 4.98 Å². The molecule has 2 aromatic rings. The van der Waals surface area contributed by atoms with Crippen molar-refractivity contribution in [3.63, 3.8) is 0 Å². The van der Waals surface area contributed by atoms with Gasteiger partial charge in [0.05, 0.1) is 17.3 Å². The molecule has 4 nitrogen and oxygen atoms in total. The lowest BCUT2D eigenvalue weighted by atomic mass is 10.2. The van der Waals surface area contributed by atoms with E-state index in [0.717, 1.165) is 10.2 Å². The summed E-state index contributed by atoms with van der Waals surface area (Å²) in [6.07, 6.45) is 2.42. The second-order valence-corrected chi connectivity index (χ2v) is 6.37. The Kier molecular flexibility index (Phi) is 3.76. The van der Waals surface area contributed by atoms with E-state index < -0.39 is 0 Å². The number of aromatic nitrogens is 1. The Bertz CT molecular complexity index is 652. The molecule has 1 saturated carbocycles. The van der Waals surface area contributed by atoms with E-state index in [1.807, 2.05) is 5.38 Å². The fourth-order valence-corrected chi connectivity index (χ4v) is 3.22. The maximum atomic E-state index is 12.2. The highest BCUT2D eigenvalue weighted by atomic mass is 79.9. The number of hydrogen-bond acceptors (Lipinski definition) is 4. The predicted octanol–water partition coefficient (Wildman–Crippen LogP) is 4.04. The van der Waals surface area contributed by atoms with Crippen molar-refractivity contribution in [1.29, 1.82) is 0 Å². The number of rotatable bonds is 4. The number of thiazole rings is 1. The van der Waals surface area contributed by atoms with Gasteiger partial charge in [-0.05, 0) is 47.0 Å². The number of methoxy groups -OCH3 is 1. The van der Waals surface area contributed by atoms with Crippen molar-refractivity contribution in [3.05, 3.63) is 39.3 Å². The number of benzene rings is 1. The largest absolute Gasteiger partial charge is 0.496 e. The normalized spacial score (nSPS) is 14.1. The van der Waals surface area contributed by atoms with Gasteiger partial charge in [0, 0.05) is 16.9 Å². The molecule has 104 valence electrons. The third-order valence-electron chi connectivity index (χ3n) is 3.15. The molecule has 1 fully saturated rings. The van der Waals surface area contributed by atoms with Crippen LogP contribution in [0.15, 0.2) is 28.1 Å². The van der Waals surface area contributed by atoms with Gasteiger partial charge < -0.3 is 4.74 Å². The van der Waals surface area contributed by atoms with Gasteiger partial charge in [0.25, 0.3) is 5.91 Å². The van der Waals surface area contributed by atoms with Gasteiger partial charge >= 0.3 is 0 Å². The number of carbonyl (C=O) groups is 1. The summed E-state index contributed by atoms with van der Waals surface area (Å²) in [5.41, 5.74) is 1.67. The highest BCUT2D eigenvalue weighted by Gasteiger charge is 2.26. The molecule has 0 atom stereocenters. The third kappa shape index (κ3) is 2.86. The average Bonchev–Trinajstić information content (AvgIpc) is 3.19. The van der Waals surface area contributed by atoms with Crippen LogP contribution < -0.4 is 10.1 Å². The summed E-state index contributed by atoms with van der Waals surface area (Å²) in [4.78, 5) is 16.6. The molecule has 0 radical (unpaired) electrons. The number of amides is 1. The van der Waals surface area contributed by atoms with E-state index in [2.05, 4.69) is 26.2 Å². The smallest absolute Gasteiger partial charge is 0.257 e. The zero-order chi connectivity index (χ0) is 14.1. The highest BCUT2D eigenvalue weighted by Crippen LogP contribution is 2.40. The molecule has 1 aromatic heterocycles. The first-order valence-corrected chi connectivity index (χ1v) is 7.95. The minimum absolute atomic E-state index is 0.162. The SMILES string of the molecule is COc1ccc(C(=O)Nc2nc(C3CC3)cs2)cc1Br. The number of hydrogen-bond donors (Lipinski definition) is 1. The molecule has 20 heavy (non-hydrogen) atoms. The van der Waals surface area contributed by atoms with Crippen molar-refractivity contribution in [1.82, 2.24) is 4.98 Å². The van der Waals surface area contributed by atoms with Crippen molar-refractivity contribution < 1.29 is 9.53 Å². The van der Waals surface area contributed by atoms with Crippen LogP contribution in [-0.4, -0.2) is 18.0 Å². The molecule has 1 amide bonds. The molecule has 0 aliphatic heterocycles. The summed E-state index contributed by atoms with van der Waals surface area (Å²) >= 11 is 4.85. The Labute approximate surface area is 129 Å². The number of nitrogens with zero attached hydrogens (tertiary/aromatic N) is 1. The Morgan fingerprint density at radius 3 is 2.95 bits per heavy atom. The van der Waals surface area contributed by atoms with Crippen LogP contribution in [0.3, 0.4) is 0 Å². The predicted molar refractivity (Wildman–Crippen MR) is 82.7 cm³/mol. The van der Waals surface area contributed by atoms with E-state index in [1.165, 1.54) is 24.2 Å². The summed E-state index contributed by atoms with van der Waals surface area (Å²) in [6, 6.07) is 5.23. The molecule has 1 aliphatic carbocycles. The zero-order valence-corrected chi connectivity index (χ0v) is 13.3. The second-order valence-electron chi connectivity index (χ2n) is 4.66. The van der Waals surface area contributed by atoms with Crippen LogP contribution in [0, 0.1) is 0 Å². The molecule has 3 rings (SSSR count).